The molecule has 0 fully saturated rings. The Bertz CT molecular complexity index is 624. The summed E-state index contributed by atoms with van der Waals surface area (Å²) < 4.78 is 1.93. The van der Waals surface area contributed by atoms with Gasteiger partial charge in [-0.25, -0.2) is 4.52 Å². The molecule has 0 amide bonds. The predicted molar refractivity (Wildman–Crippen MR) is 65.4 cm³/mol. The third-order valence-corrected chi connectivity index (χ3v) is 2.83. The van der Waals surface area contributed by atoms with Crippen molar-refractivity contribution in [1.82, 2.24) is 9.61 Å². The molecule has 0 aliphatic heterocycles. The zero-order chi connectivity index (χ0) is 11.0. The van der Waals surface area contributed by atoms with Crippen molar-refractivity contribution in [2.75, 3.05) is 0 Å². The highest BCUT2D eigenvalue weighted by Crippen LogP contribution is 2.24. The summed E-state index contributed by atoms with van der Waals surface area (Å²) in [6, 6.07) is 16.4. The second-order valence-corrected chi connectivity index (χ2v) is 3.87. The predicted octanol–water partition coefficient (Wildman–Crippen LogP) is 3.31. The average molecular weight is 208 g/mol. The molecule has 2 aromatic heterocycles. The van der Waals surface area contributed by atoms with Crippen molar-refractivity contribution >= 4 is 5.52 Å². The van der Waals surface area contributed by atoms with Crippen molar-refractivity contribution in [3.05, 3.63) is 60.3 Å². The molecule has 0 unspecified atom stereocenters. The van der Waals surface area contributed by atoms with E-state index in [4.69, 9.17) is 0 Å². The summed E-state index contributed by atoms with van der Waals surface area (Å²) in [6.07, 6.45) is 1.98. The second-order valence-electron chi connectivity index (χ2n) is 3.87. The molecule has 2 heteroatoms. The Hall–Kier alpha value is -2.09. The maximum absolute atomic E-state index is 4.60. The summed E-state index contributed by atoms with van der Waals surface area (Å²) in [4.78, 5) is 0. The monoisotopic (exact) mass is 208 g/mol. The van der Waals surface area contributed by atoms with Crippen molar-refractivity contribution in [2.24, 2.45) is 0 Å². The van der Waals surface area contributed by atoms with Gasteiger partial charge in [-0.1, -0.05) is 36.4 Å². The third-order valence-electron chi connectivity index (χ3n) is 2.83. The molecule has 0 N–H and O–H groups in total. The number of fused-ring (bicyclic) bond motifs is 1. The van der Waals surface area contributed by atoms with Crippen molar-refractivity contribution in [3.63, 3.8) is 0 Å². The number of aromatic nitrogens is 2. The lowest BCUT2D eigenvalue weighted by atomic mass is 10.1. The van der Waals surface area contributed by atoms with E-state index in [1.165, 1.54) is 16.6 Å². The number of hydrogen-bond donors (Lipinski definition) is 0. The molecule has 0 saturated carbocycles. The summed E-state index contributed by atoms with van der Waals surface area (Å²) in [6.45, 7) is 2.12. The molecule has 0 aliphatic rings. The Kier molecular flexibility index (Phi) is 2.00. The van der Waals surface area contributed by atoms with Gasteiger partial charge in [0.2, 0.25) is 0 Å². The van der Waals surface area contributed by atoms with Crippen LogP contribution in [-0.2, 0) is 0 Å². The van der Waals surface area contributed by atoms with Gasteiger partial charge in [-0.05, 0) is 19.1 Å². The van der Waals surface area contributed by atoms with E-state index in [0.29, 0.717) is 0 Å². The van der Waals surface area contributed by atoms with E-state index in [-0.39, 0.29) is 0 Å². The van der Waals surface area contributed by atoms with Gasteiger partial charge in [0, 0.05) is 17.3 Å². The normalized spacial score (nSPS) is 10.8. The van der Waals surface area contributed by atoms with E-state index in [9.17, 15) is 0 Å². The Morgan fingerprint density at radius 2 is 1.69 bits per heavy atom. The number of benzene rings is 1. The van der Waals surface area contributed by atoms with Gasteiger partial charge < -0.3 is 0 Å². The zero-order valence-corrected chi connectivity index (χ0v) is 9.09. The summed E-state index contributed by atoms with van der Waals surface area (Å²) in [5.74, 6) is 0. The van der Waals surface area contributed by atoms with Crippen LogP contribution < -0.4 is 0 Å². The molecular formula is C14H12N2. The first kappa shape index (κ1) is 9.16. The van der Waals surface area contributed by atoms with Crippen molar-refractivity contribution in [2.45, 2.75) is 6.92 Å². The zero-order valence-electron chi connectivity index (χ0n) is 9.09. The number of nitrogens with zero attached hydrogens (tertiary/aromatic N) is 2. The lowest BCUT2D eigenvalue weighted by molar-refractivity contribution is 0.966. The fourth-order valence-electron chi connectivity index (χ4n) is 1.99. The lowest BCUT2D eigenvalue weighted by Crippen LogP contribution is -1.84. The highest BCUT2D eigenvalue weighted by molar-refractivity contribution is 5.72. The van der Waals surface area contributed by atoms with E-state index in [0.717, 1.165) is 5.69 Å². The van der Waals surface area contributed by atoms with Gasteiger partial charge in [-0.2, -0.15) is 5.10 Å². The first-order valence-electron chi connectivity index (χ1n) is 5.35. The minimum absolute atomic E-state index is 1.06. The summed E-state index contributed by atoms with van der Waals surface area (Å²) in [5.41, 5.74) is 4.63. The number of hydrogen-bond acceptors (Lipinski definition) is 1. The number of pyridine rings is 1. The average Bonchev–Trinajstić information content (AvgIpc) is 2.69. The van der Waals surface area contributed by atoms with Crippen LogP contribution >= 0.6 is 0 Å². The molecule has 0 aliphatic carbocycles. The van der Waals surface area contributed by atoms with Gasteiger partial charge in [0.05, 0.1) is 11.2 Å². The van der Waals surface area contributed by atoms with E-state index in [1.807, 2.05) is 41.0 Å². The van der Waals surface area contributed by atoms with Crippen LogP contribution in [0, 0.1) is 6.92 Å². The molecule has 2 heterocycles. The van der Waals surface area contributed by atoms with Gasteiger partial charge in [0.25, 0.3) is 0 Å². The van der Waals surface area contributed by atoms with Crippen LogP contribution in [0.4, 0.5) is 0 Å². The molecule has 0 bridgehead atoms. The van der Waals surface area contributed by atoms with Crippen LogP contribution in [0.1, 0.15) is 5.56 Å². The second kappa shape index (κ2) is 3.49. The van der Waals surface area contributed by atoms with Crippen LogP contribution in [0.3, 0.4) is 0 Å². The van der Waals surface area contributed by atoms with Gasteiger partial charge in [-0.15, -0.1) is 0 Å². The third kappa shape index (κ3) is 1.31. The quantitative estimate of drug-likeness (QED) is 0.599. The summed E-state index contributed by atoms with van der Waals surface area (Å²) in [5, 5.41) is 4.60. The van der Waals surface area contributed by atoms with Gasteiger partial charge in [0.1, 0.15) is 0 Å². The van der Waals surface area contributed by atoms with Crippen LogP contribution in [0.25, 0.3) is 16.8 Å². The molecule has 3 rings (SSSR count). The minimum atomic E-state index is 1.06. The van der Waals surface area contributed by atoms with Gasteiger partial charge in [-0.3, -0.25) is 0 Å². The van der Waals surface area contributed by atoms with E-state index in [2.05, 4.69) is 30.2 Å². The molecule has 0 atom stereocenters. The van der Waals surface area contributed by atoms with Crippen LogP contribution in [0.2, 0.25) is 0 Å². The molecule has 0 saturated heterocycles. The first-order valence-corrected chi connectivity index (χ1v) is 5.35. The lowest BCUT2D eigenvalue weighted by Gasteiger charge is -1.96. The maximum atomic E-state index is 4.60. The largest absolute Gasteiger partial charge is 0.240 e. The van der Waals surface area contributed by atoms with Gasteiger partial charge >= 0.3 is 0 Å². The number of aryl methyl sites for hydroxylation is 1. The van der Waals surface area contributed by atoms with Crippen molar-refractivity contribution in [1.29, 1.82) is 0 Å². The fraction of sp³-hybridized carbons (Fsp3) is 0.0714. The topological polar surface area (TPSA) is 17.3 Å². The standard InChI is InChI=1S/C14H12N2/c1-11-13-9-5-6-10-16(13)15-14(11)12-7-3-2-4-8-12/h2-10H,1H3. The molecular weight excluding hydrogens is 196 g/mol. The van der Waals surface area contributed by atoms with E-state index >= 15 is 0 Å². The SMILES string of the molecule is Cc1c(-c2ccccc2)nn2ccccc12. The van der Waals surface area contributed by atoms with Crippen molar-refractivity contribution in [3.8, 4) is 11.3 Å². The first-order chi connectivity index (χ1) is 7.86. The van der Waals surface area contributed by atoms with Crippen LogP contribution in [0.15, 0.2) is 54.7 Å². The smallest absolute Gasteiger partial charge is 0.0962 e. The molecule has 78 valence electrons. The molecule has 1 aromatic carbocycles. The van der Waals surface area contributed by atoms with Crippen LogP contribution in [0.5, 0.6) is 0 Å². The van der Waals surface area contributed by atoms with Crippen molar-refractivity contribution < 1.29 is 0 Å². The van der Waals surface area contributed by atoms with Gasteiger partial charge in [0.15, 0.2) is 0 Å². The highest BCUT2D eigenvalue weighted by atomic mass is 15.2. The Balaban J connectivity index is 2.29. The fourth-order valence-corrected chi connectivity index (χ4v) is 1.99. The minimum Gasteiger partial charge on any atom is -0.240 e. The maximum Gasteiger partial charge on any atom is 0.0962 e. The Morgan fingerprint density at radius 1 is 0.938 bits per heavy atom. The molecule has 16 heavy (non-hydrogen) atoms. The van der Waals surface area contributed by atoms with Crippen LogP contribution in [-0.4, -0.2) is 9.61 Å². The van der Waals surface area contributed by atoms with E-state index in [1.54, 1.807) is 0 Å². The summed E-state index contributed by atoms with van der Waals surface area (Å²) >= 11 is 0. The highest BCUT2D eigenvalue weighted by Gasteiger charge is 2.08. The molecule has 0 spiro atoms. The molecule has 3 aromatic rings. The molecule has 0 radical (unpaired) electrons. The summed E-state index contributed by atoms with van der Waals surface area (Å²) in [7, 11) is 0. The Morgan fingerprint density at radius 3 is 2.44 bits per heavy atom. The Labute approximate surface area is 94.2 Å². The number of rotatable bonds is 1. The van der Waals surface area contributed by atoms with E-state index < -0.39 is 0 Å². The molecule has 2 nitrogen and oxygen atoms in total.